The highest BCUT2D eigenvalue weighted by Gasteiger charge is 2.17. The van der Waals surface area contributed by atoms with Crippen molar-refractivity contribution in [3.8, 4) is 0 Å². The third kappa shape index (κ3) is 1.73. The Morgan fingerprint density at radius 3 is 2.79 bits per heavy atom. The molecule has 76 valence electrons. The first kappa shape index (κ1) is 9.48. The van der Waals surface area contributed by atoms with Crippen molar-refractivity contribution in [3.63, 3.8) is 0 Å². The highest BCUT2D eigenvalue weighted by Crippen LogP contribution is 2.26. The van der Waals surface area contributed by atoms with Crippen LogP contribution in [0, 0.1) is 0 Å². The molecule has 1 aliphatic rings. The number of nitrogens with zero attached hydrogens (tertiary/aromatic N) is 3. The summed E-state index contributed by atoms with van der Waals surface area (Å²) in [5.41, 5.74) is 2.41. The quantitative estimate of drug-likeness (QED) is 0.567. The Bertz CT molecular complexity index is 324. The number of rotatable bonds is 2. The molecular formula is C8H12ClN5. The average Bonchev–Trinajstić information content (AvgIpc) is 2.71. The molecule has 6 heteroatoms. The van der Waals surface area contributed by atoms with Crippen LogP contribution in [-0.2, 0) is 0 Å². The van der Waals surface area contributed by atoms with Crippen molar-refractivity contribution in [1.82, 2.24) is 9.97 Å². The van der Waals surface area contributed by atoms with Gasteiger partial charge in [0.25, 0.3) is 0 Å². The molecule has 0 unspecified atom stereocenters. The molecule has 2 heterocycles. The fourth-order valence-electron chi connectivity index (χ4n) is 1.58. The summed E-state index contributed by atoms with van der Waals surface area (Å²) in [5.74, 6) is 6.40. The molecule has 5 nitrogen and oxygen atoms in total. The monoisotopic (exact) mass is 213 g/mol. The number of halogens is 1. The Morgan fingerprint density at radius 1 is 1.43 bits per heavy atom. The fourth-order valence-corrected chi connectivity index (χ4v) is 1.79. The van der Waals surface area contributed by atoms with E-state index in [4.69, 9.17) is 17.4 Å². The third-order valence-corrected chi connectivity index (χ3v) is 2.53. The van der Waals surface area contributed by atoms with Gasteiger partial charge in [-0.05, 0) is 12.8 Å². The van der Waals surface area contributed by atoms with Crippen molar-refractivity contribution < 1.29 is 0 Å². The summed E-state index contributed by atoms with van der Waals surface area (Å²) in [6, 6.07) is 0. The molecule has 1 aliphatic heterocycles. The van der Waals surface area contributed by atoms with E-state index in [1.807, 2.05) is 0 Å². The van der Waals surface area contributed by atoms with Crippen molar-refractivity contribution in [3.05, 3.63) is 11.2 Å². The highest BCUT2D eigenvalue weighted by atomic mass is 35.5. The van der Waals surface area contributed by atoms with Gasteiger partial charge in [0.1, 0.15) is 5.02 Å². The third-order valence-electron chi connectivity index (χ3n) is 2.26. The normalized spacial score (nSPS) is 16.0. The van der Waals surface area contributed by atoms with E-state index in [0.29, 0.717) is 11.0 Å². The van der Waals surface area contributed by atoms with E-state index in [1.165, 1.54) is 12.8 Å². The van der Waals surface area contributed by atoms with Crippen LogP contribution in [-0.4, -0.2) is 23.1 Å². The lowest BCUT2D eigenvalue weighted by Crippen LogP contribution is -2.21. The smallest absolute Gasteiger partial charge is 0.239 e. The Morgan fingerprint density at radius 2 is 2.14 bits per heavy atom. The Labute approximate surface area is 87.2 Å². The first-order valence-corrected chi connectivity index (χ1v) is 4.93. The predicted molar refractivity (Wildman–Crippen MR) is 56.3 cm³/mol. The molecule has 2 rings (SSSR count). The molecule has 14 heavy (non-hydrogen) atoms. The maximum atomic E-state index is 6.00. The molecule has 1 aromatic heterocycles. The molecule has 0 aliphatic carbocycles. The molecule has 3 N–H and O–H groups in total. The topological polar surface area (TPSA) is 67.1 Å². The Hall–Kier alpha value is -1.07. The number of hydrazine groups is 1. The zero-order valence-electron chi connectivity index (χ0n) is 7.70. The lowest BCUT2D eigenvalue weighted by atomic mass is 10.4. The van der Waals surface area contributed by atoms with Crippen LogP contribution in [0.15, 0.2) is 6.20 Å². The number of nitrogens with one attached hydrogen (secondary N) is 1. The summed E-state index contributed by atoms with van der Waals surface area (Å²) in [4.78, 5) is 10.3. The van der Waals surface area contributed by atoms with Crippen LogP contribution >= 0.6 is 11.6 Å². The van der Waals surface area contributed by atoms with Gasteiger partial charge in [-0.2, -0.15) is 4.98 Å². The number of nitrogen functional groups attached to an aromatic ring is 1. The van der Waals surface area contributed by atoms with Crippen LogP contribution in [0.5, 0.6) is 0 Å². The minimum Gasteiger partial charge on any atom is -0.355 e. The van der Waals surface area contributed by atoms with Gasteiger partial charge in [-0.25, -0.2) is 10.8 Å². The molecule has 0 atom stereocenters. The molecule has 0 amide bonds. The lowest BCUT2D eigenvalue weighted by molar-refractivity contribution is 0.926. The largest absolute Gasteiger partial charge is 0.355 e. The van der Waals surface area contributed by atoms with E-state index in [0.717, 1.165) is 18.9 Å². The average molecular weight is 214 g/mol. The van der Waals surface area contributed by atoms with Crippen molar-refractivity contribution in [2.75, 3.05) is 23.4 Å². The van der Waals surface area contributed by atoms with Gasteiger partial charge < -0.3 is 4.90 Å². The van der Waals surface area contributed by atoms with Gasteiger partial charge in [-0.1, -0.05) is 11.6 Å². The summed E-state index contributed by atoms with van der Waals surface area (Å²) in [5, 5.41) is 0.575. The summed E-state index contributed by atoms with van der Waals surface area (Å²) in [6.45, 7) is 2.00. The van der Waals surface area contributed by atoms with E-state index in [9.17, 15) is 0 Å². The van der Waals surface area contributed by atoms with Crippen molar-refractivity contribution in [2.45, 2.75) is 12.8 Å². The summed E-state index contributed by atoms with van der Waals surface area (Å²) >= 11 is 6.00. The molecular weight excluding hydrogens is 202 g/mol. The molecule has 0 aromatic carbocycles. The predicted octanol–water partition coefficient (Wildman–Crippen LogP) is 1.02. The van der Waals surface area contributed by atoms with Gasteiger partial charge in [-0.15, -0.1) is 0 Å². The second-order valence-electron chi connectivity index (χ2n) is 3.20. The van der Waals surface area contributed by atoms with Crippen LogP contribution in [0.1, 0.15) is 12.8 Å². The van der Waals surface area contributed by atoms with Crippen molar-refractivity contribution in [2.24, 2.45) is 5.84 Å². The lowest BCUT2D eigenvalue weighted by Gasteiger charge is -2.17. The fraction of sp³-hybridized carbons (Fsp3) is 0.500. The van der Waals surface area contributed by atoms with E-state index in [-0.39, 0.29) is 0 Å². The van der Waals surface area contributed by atoms with Crippen LogP contribution in [0.4, 0.5) is 11.8 Å². The number of hydrogen-bond donors (Lipinski definition) is 2. The molecule has 0 bridgehead atoms. The molecule has 0 spiro atoms. The summed E-state index contributed by atoms with van der Waals surface area (Å²) in [6.07, 6.45) is 3.94. The first-order valence-electron chi connectivity index (χ1n) is 4.55. The minimum absolute atomic E-state index is 0.399. The summed E-state index contributed by atoms with van der Waals surface area (Å²) < 4.78 is 0. The van der Waals surface area contributed by atoms with Crippen LogP contribution in [0.2, 0.25) is 5.02 Å². The maximum absolute atomic E-state index is 6.00. The molecule has 1 fully saturated rings. The highest BCUT2D eigenvalue weighted by molar-refractivity contribution is 6.32. The van der Waals surface area contributed by atoms with Crippen LogP contribution in [0.3, 0.4) is 0 Å². The standard InChI is InChI=1S/C8H12ClN5/c9-6-5-11-8(13-10)12-7(6)14-3-1-2-4-14/h5H,1-4,10H2,(H,11,12,13). The first-order chi connectivity index (χ1) is 6.81. The van der Waals surface area contributed by atoms with Gasteiger partial charge in [-0.3, -0.25) is 5.43 Å². The Balaban J connectivity index is 2.29. The number of aromatic nitrogens is 2. The minimum atomic E-state index is 0.399. The molecule has 0 saturated carbocycles. The molecule has 1 aromatic rings. The van der Waals surface area contributed by atoms with Gasteiger partial charge >= 0.3 is 0 Å². The van der Waals surface area contributed by atoms with E-state index >= 15 is 0 Å². The second kappa shape index (κ2) is 3.98. The maximum Gasteiger partial charge on any atom is 0.239 e. The zero-order valence-corrected chi connectivity index (χ0v) is 8.46. The Kier molecular flexibility index (Phi) is 2.69. The molecule has 0 radical (unpaired) electrons. The number of hydrogen-bond acceptors (Lipinski definition) is 5. The van der Waals surface area contributed by atoms with Gasteiger partial charge in [0.2, 0.25) is 5.95 Å². The van der Waals surface area contributed by atoms with Gasteiger partial charge in [0, 0.05) is 13.1 Å². The van der Waals surface area contributed by atoms with E-state index < -0.39 is 0 Å². The summed E-state index contributed by atoms with van der Waals surface area (Å²) in [7, 11) is 0. The van der Waals surface area contributed by atoms with Crippen molar-refractivity contribution >= 4 is 23.4 Å². The molecule has 1 saturated heterocycles. The zero-order chi connectivity index (χ0) is 9.97. The second-order valence-corrected chi connectivity index (χ2v) is 3.61. The number of anilines is 2. The van der Waals surface area contributed by atoms with Gasteiger partial charge in [0.15, 0.2) is 5.82 Å². The van der Waals surface area contributed by atoms with Gasteiger partial charge in [0.05, 0.1) is 6.20 Å². The van der Waals surface area contributed by atoms with Crippen LogP contribution in [0.25, 0.3) is 0 Å². The van der Waals surface area contributed by atoms with Crippen molar-refractivity contribution in [1.29, 1.82) is 0 Å². The van der Waals surface area contributed by atoms with E-state index in [2.05, 4.69) is 20.3 Å². The van der Waals surface area contributed by atoms with Crippen LogP contribution < -0.4 is 16.2 Å². The number of nitrogens with two attached hydrogens (primary N) is 1. The SMILES string of the molecule is NNc1ncc(Cl)c(N2CCCC2)n1. The van der Waals surface area contributed by atoms with E-state index in [1.54, 1.807) is 6.20 Å².